The molecule has 27 heavy (non-hydrogen) atoms. The molecule has 0 spiro atoms. The normalized spacial score (nSPS) is 19.2. The van der Waals surface area contributed by atoms with Crippen LogP contribution < -0.4 is 4.90 Å². The number of anilines is 1. The van der Waals surface area contributed by atoms with Gasteiger partial charge in [-0.3, -0.25) is 4.90 Å². The molecule has 2 aliphatic heterocycles. The third-order valence-electron chi connectivity index (χ3n) is 5.53. The number of rotatable bonds is 4. The molecule has 0 unspecified atom stereocenters. The number of piperidine rings is 1. The third kappa shape index (κ3) is 3.94. The molecule has 0 atom stereocenters. The van der Waals surface area contributed by atoms with Gasteiger partial charge < -0.3 is 14.2 Å². The van der Waals surface area contributed by atoms with Gasteiger partial charge in [-0.25, -0.2) is 4.98 Å². The second-order valence-corrected chi connectivity index (χ2v) is 7.20. The summed E-state index contributed by atoms with van der Waals surface area (Å²) in [5, 5.41) is 18.0. The first-order valence-electron chi connectivity index (χ1n) is 9.54. The van der Waals surface area contributed by atoms with Gasteiger partial charge in [-0.1, -0.05) is 0 Å². The fourth-order valence-electron chi connectivity index (χ4n) is 3.86. The molecule has 4 heterocycles. The van der Waals surface area contributed by atoms with Gasteiger partial charge in [0.05, 0.1) is 31.4 Å². The molecule has 0 aliphatic carbocycles. The molecule has 0 bridgehead atoms. The monoisotopic (exact) mass is 367 g/mol. The molecule has 2 aliphatic rings. The molecule has 0 amide bonds. The third-order valence-corrected chi connectivity index (χ3v) is 5.53. The van der Waals surface area contributed by atoms with Crippen molar-refractivity contribution in [2.45, 2.75) is 25.3 Å². The SMILES string of the molecule is Cn1c(CN2CCOCC2)nnc1C1CCN(c2cc(C#N)ccn2)CC1. The number of nitriles is 1. The lowest BCUT2D eigenvalue weighted by Crippen LogP contribution is -2.36. The second-order valence-electron chi connectivity index (χ2n) is 7.20. The highest BCUT2D eigenvalue weighted by Crippen LogP contribution is 2.29. The first-order chi connectivity index (χ1) is 13.2. The summed E-state index contributed by atoms with van der Waals surface area (Å²) in [6.45, 7) is 6.16. The van der Waals surface area contributed by atoms with E-state index in [0.29, 0.717) is 11.5 Å². The second kappa shape index (κ2) is 8.03. The fraction of sp³-hybridized carbons (Fsp3) is 0.579. The maximum Gasteiger partial charge on any atom is 0.146 e. The van der Waals surface area contributed by atoms with E-state index in [1.807, 2.05) is 6.07 Å². The summed E-state index contributed by atoms with van der Waals surface area (Å²) in [6, 6.07) is 5.79. The smallest absolute Gasteiger partial charge is 0.146 e. The summed E-state index contributed by atoms with van der Waals surface area (Å²) in [5.41, 5.74) is 0.656. The number of hydrogen-bond acceptors (Lipinski definition) is 7. The largest absolute Gasteiger partial charge is 0.379 e. The van der Waals surface area contributed by atoms with Crippen molar-refractivity contribution in [1.29, 1.82) is 5.26 Å². The molecule has 142 valence electrons. The van der Waals surface area contributed by atoms with Crippen molar-refractivity contribution in [3.05, 3.63) is 35.5 Å². The van der Waals surface area contributed by atoms with Crippen molar-refractivity contribution in [3.63, 3.8) is 0 Å². The Morgan fingerprint density at radius 3 is 2.70 bits per heavy atom. The van der Waals surface area contributed by atoms with Crippen LogP contribution in [-0.4, -0.2) is 64.0 Å². The molecular formula is C19H25N7O. The summed E-state index contributed by atoms with van der Waals surface area (Å²) in [7, 11) is 2.08. The van der Waals surface area contributed by atoms with Gasteiger partial charge in [0, 0.05) is 45.3 Å². The zero-order chi connectivity index (χ0) is 18.6. The van der Waals surface area contributed by atoms with E-state index in [0.717, 1.165) is 76.2 Å². The van der Waals surface area contributed by atoms with Crippen LogP contribution in [0.4, 0.5) is 5.82 Å². The van der Waals surface area contributed by atoms with E-state index >= 15 is 0 Å². The number of aromatic nitrogens is 4. The molecule has 0 aromatic carbocycles. The molecule has 2 aromatic rings. The topological polar surface area (TPSA) is 83.1 Å². The average Bonchev–Trinajstić information content (AvgIpc) is 3.09. The number of hydrogen-bond donors (Lipinski definition) is 0. The summed E-state index contributed by atoms with van der Waals surface area (Å²) < 4.78 is 7.59. The highest BCUT2D eigenvalue weighted by atomic mass is 16.5. The first kappa shape index (κ1) is 17.9. The van der Waals surface area contributed by atoms with Crippen molar-refractivity contribution < 1.29 is 4.74 Å². The van der Waals surface area contributed by atoms with E-state index < -0.39 is 0 Å². The molecule has 8 nitrogen and oxygen atoms in total. The lowest BCUT2D eigenvalue weighted by Gasteiger charge is -2.32. The van der Waals surface area contributed by atoms with Crippen LogP contribution in [0, 0.1) is 11.3 Å². The zero-order valence-corrected chi connectivity index (χ0v) is 15.7. The minimum absolute atomic E-state index is 0.413. The maximum absolute atomic E-state index is 9.08. The predicted molar refractivity (Wildman–Crippen MR) is 100 cm³/mol. The van der Waals surface area contributed by atoms with Crippen LogP contribution in [0.5, 0.6) is 0 Å². The van der Waals surface area contributed by atoms with Crippen molar-refractivity contribution in [2.75, 3.05) is 44.3 Å². The molecule has 0 N–H and O–H groups in total. The lowest BCUT2D eigenvalue weighted by atomic mass is 9.96. The van der Waals surface area contributed by atoms with Crippen molar-refractivity contribution in [1.82, 2.24) is 24.6 Å². The van der Waals surface area contributed by atoms with Crippen molar-refractivity contribution in [3.8, 4) is 6.07 Å². The summed E-state index contributed by atoms with van der Waals surface area (Å²) >= 11 is 0. The van der Waals surface area contributed by atoms with Gasteiger partial charge in [-0.05, 0) is 25.0 Å². The summed E-state index contributed by atoms with van der Waals surface area (Å²) in [4.78, 5) is 9.04. The van der Waals surface area contributed by atoms with Crippen LogP contribution in [0.2, 0.25) is 0 Å². The lowest BCUT2D eigenvalue weighted by molar-refractivity contribution is 0.0326. The average molecular weight is 367 g/mol. The first-order valence-corrected chi connectivity index (χ1v) is 9.54. The highest BCUT2D eigenvalue weighted by Gasteiger charge is 2.26. The summed E-state index contributed by atoms with van der Waals surface area (Å²) in [5.74, 6) is 3.41. The summed E-state index contributed by atoms with van der Waals surface area (Å²) in [6.07, 6.45) is 3.74. The Morgan fingerprint density at radius 1 is 1.19 bits per heavy atom. The number of nitrogens with zero attached hydrogens (tertiary/aromatic N) is 7. The molecule has 8 heteroatoms. The highest BCUT2D eigenvalue weighted by molar-refractivity contribution is 5.45. The quantitative estimate of drug-likeness (QED) is 0.805. The van der Waals surface area contributed by atoms with Gasteiger partial charge in [-0.2, -0.15) is 5.26 Å². The van der Waals surface area contributed by atoms with Gasteiger partial charge >= 0.3 is 0 Å². The Morgan fingerprint density at radius 2 is 1.96 bits per heavy atom. The van der Waals surface area contributed by atoms with E-state index in [9.17, 15) is 0 Å². The molecular weight excluding hydrogens is 342 g/mol. The van der Waals surface area contributed by atoms with Crippen molar-refractivity contribution in [2.24, 2.45) is 7.05 Å². The molecule has 0 saturated carbocycles. The van der Waals surface area contributed by atoms with Crippen LogP contribution in [0.1, 0.15) is 36.0 Å². The van der Waals surface area contributed by atoms with Crippen LogP contribution >= 0.6 is 0 Å². The van der Waals surface area contributed by atoms with Gasteiger partial charge in [0.1, 0.15) is 17.5 Å². The zero-order valence-electron chi connectivity index (χ0n) is 15.7. The molecule has 4 rings (SSSR count). The van der Waals surface area contributed by atoms with Crippen LogP contribution in [0.15, 0.2) is 18.3 Å². The fourth-order valence-corrected chi connectivity index (χ4v) is 3.86. The number of morpholine rings is 1. The Labute approximate surface area is 159 Å². The van der Waals surface area contributed by atoms with Crippen LogP contribution in [0.25, 0.3) is 0 Å². The maximum atomic E-state index is 9.08. The predicted octanol–water partition coefficient (Wildman–Crippen LogP) is 1.30. The number of pyridine rings is 1. The minimum atomic E-state index is 0.413. The van der Waals surface area contributed by atoms with E-state index in [1.165, 1.54) is 0 Å². The van der Waals surface area contributed by atoms with E-state index in [1.54, 1.807) is 12.3 Å². The standard InChI is InChI=1S/C19H25N7O/c1-24-18(14-25-8-10-27-11-9-25)22-23-19(24)16-3-6-26(7-4-16)17-12-15(13-20)2-5-21-17/h2,5,12,16H,3-4,6-11,14H2,1H3. The van der Waals surface area contributed by atoms with Gasteiger partial charge in [-0.15, -0.1) is 10.2 Å². The Kier molecular flexibility index (Phi) is 5.32. The minimum Gasteiger partial charge on any atom is -0.379 e. The van der Waals surface area contributed by atoms with Crippen molar-refractivity contribution >= 4 is 5.82 Å². The van der Waals surface area contributed by atoms with Gasteiger partial charge in [0.15, 0.2) is 0 Å². The molecule has 0 radical (unpaired) electrons. The molecule has 2 saturated heterocycles. The molecule has 2 fully saturated rings. The van der Waals surface area contributed by atoms with Crippen LogP contribution in [0.3, 0.4) is 0 Å². The van der Waals surface area contributed by atoms with Gasteiger partial charge in [0.2, 0.25) is 0 Å². The Hall–Kier alpha value is -2.50. The van der Waals surface area contributed by atoms with E-state index in [-0.39, 0.29) is 0 Å². The number of ether oxygens (including phenoxy) is 1. The van der Waals surface area contributed by atoms with Crippen LogP contribution in [-0.2, 0) is 18.3 Å². The Balaban J connectivity index is 1.39. The van der Waals surface area contributed by atoms with E-state index in [2.05, 4.69) is 42.7 Å². The van der Waals surface area contributed by atoms with Gasteiger partial charge in [0.25, 0.3) is 0 Å². The van der Waals surface area contributed by atoms with E-state index in [4.69, 9.17) is 10.00 Å². The molecule has 2 aromatic heterocycles. The Bertz CT molecular complexity index is 814.